The van der Waals surface area contributed by atoms with Crippen molar-refractivity contribution in [2.24, 2.45) is 5.92 Å². The van der Waals surface area contributed by atoms with E-state index in [0.717, 1.165) is 30.4 Å². The summed E-state index contributed by atoms with van der Waals surface area (Å²) in [6.07, 6.45) is 5.93. The van der Waals surface area contributed by atoms with Gasteiger partial charge in [0, 0.05) is 29.2 Å². The van der Waals surface area contributed by atoms with Gasteiger partial charge in [0.2, 0.25) is 5.91 Å². The summed E-state index contributed by atoms with van der Waals surface area (Å²) >= 11 is 6.02. The van der Waals surface area contributed by atoms with Gasteiger partial charge in [-0.3, -0.25) is 14.6 Å². The summed E-state index contributed by atoms with van der Waals surface area (Å²) in [7, 11) is 0. The Morgan fingerprint density at radius 2 is 1.97 bits per heavy atom. The molecule has 2 atom stereocenters. The third kappa shape index (κ3) is 5.54. The van der Waals surface area contributed by atoms with Crippen LogP contribution in [0.15, 0.2) is 54.9 Å². The lowest BCUT2D eigenvalue weighted by molar-refractivity contribution is -0.137. The molecule has 0 aliphatic heterocycles. The molecule has 1 heterocycles. The molecular formula is C28H28ClFN2O3. The number of hydrogen-bond acceptors (Lipinski definition) is 3. The number of benzene rings is 2. The number of carbonyl (C=O) groups is 2. The van der Waals surface area contributed by atoms with Crippen LogP contribution in [-0.4, -0.2) is 22.0 Å². The van der Waals surface area contributed by atoms with Crippen molar-refractivity contribution in [2.45, 2.75) is 51.4 Å². The van der Waals surface area contributed by atoms with Gasteiger partial charge in [0.1, 0.15) is 5.82 Å². The zero-order chi connectivity index (χ0) is 25.1. The molecule has 3 aromatic rings. The fourth-order valence-electron chi connectivity index (χ4n) is 4.83. The fraction of sp³-hybridized carbons (Fsp3) is 0.321. The monoisotopic (exact) mass is 494 g/mol. The third-order valence-corrected chi connectivity index (χ3v) is 7.12. The molecule has 1 aromatic heterocycles. The molecule has 1 saturated carbocycles. The predicted octanol–water partition coefficient (Wildman–Crippen LogP) is 6.95. The maximum Gasteiger partial charge on any atom is 0.303 e. The van der Waals surface area contributed by atoms with E-state index in [0.29, 0.717) is 27.4 Å². The zero-order valence-electron chi connectivity index (χ0n) is 19.7. The lowest BCUT2D eigenvalue weighted by atomic mass is 9.72. The van der Waals surface area contributed by atoms with Crippen LogP contribution in [0.2, 0.25) is 5.02 Å². The smallest absolute Gasteiger partial charge is 0.303 e. The van der Waals surface area contributed by atoms with Gasteiger partial charge in [0.05, 0.1) is 17.4 Å². The molecule has 0 saturated heterocycles. The predicted molar refractivity (Wildman–Crippen MR) is 135 cm³/mol. The molecule has 0 unspecified atom stereocenters. The first-order valence-corrected chi connectivity index (χ1v) is 12.1. The van der Waals surface area contributed by atoms with Gasteiger partial charge in [0.15, 0.2) is 0 Å². The highest BCUT2D eigenvalue weighted by molar-refractivity contribution is 6.30. The first kappa shape index (κ1) is 24.9. The van der Waals surface area contributed by atoms with Crippen LogP contribution in [0.5, 0.6) is 0 Å². The molecule has 0 radical (unpaired) electrons. The van der Waals surface area contributed by atoms with Crippen LogP contribution in [0.25, 0.3) is 11.1 Å². The summed E-state index contributed by atoms with van der Waals surface area (Å²) in [6.45, 7) is 3.74. The standard InChI is InChI=1S/C28H28ClFN2O3/c1-16(11-26(33)34)22-7-4-8-25(17(22)2)32-28(35)27(18-5-3-6-18)19-9-10-23(24(30)13-19)20-12-21(29)15-31-14-20/h4,7-10,12-16,18,27H,3,5-6,11H2,1-2H3,(H,32,35)(H,33,34)/t16-,27-/m0/s1. The Bertz CT molecular complexity index is 1260. The fourth-order valence-corrected chi connectivity index (χ4v) is 5.01. The second-order valence-corrected chi connectivity index (χ2v) is 9.74. The summed E-state index contributed by atoms with van der Waals surface area (Å²) in [5, 5.41) is 12.6. The number of nitrogens with zero attached hydrogens (tertiary/aromatic N) is 1. The molecule has 5 nitrogen and oxygen atoms in total. The zero-order valence-corrected chi connectivity index (χ0v) is 20.5. The number of anilines is 1. The molecule has 7 heteroatoms. The number of amides is 1. The van der Waals surface area contributed by atoms with Gasteiger partial charge in [-0.2, -0.15) is 0 Å². The SMILES string of the molecule is Cc1c(NC(=O)[C@H](c2ccc(-c3cncc(Cl)c3)c(F)c2)C2CCC2)cccc1[C@@H](C)CC(=O)O. The summed E-state index contributed by atoms with van der Waals surface area (Å²) in [4.78, 5) is 28.7. The third-order valence-electron chi connectivity index (χ3n) is 6.92. The van der Waals surface area contributed by atoms with Crippen molar-refractivity contribution in [3.63, 3.8) is 0 Å². The van der Waals surface area contributed by atoms with Crippen molar-refractivity contribution in [1.82, 2.24) is 4.98 Å². The Hall–Kier alpha value is -3.25. The van der Waals surface area contributed by atoms with Gasteiger partial charge >= 0.3 is 5.97 Å². The maximum absolute atomic E-state index is 15.2. The first-order chi connectivity index (χ1) is 16.7. The van der Waals surface area contributed by atoms with Gasteiger partial charge in [-0.25, -0.2) is 4.39 Å². The van der Waals surface area contributed by atoms with E-state index >= 15 is 4.39 Å². The number of hydrogen-bond donors (Lipinski definition) is 2. The number of aromatic nitrogens is 1. The van der Waals surface area contributed by atoms with Crippen LogP contribution in [0.4, 0.5) is 10.1 Å². The second-order valence-electron chi connectivity index (χ2n) is 9.31. The summed E-state index contributed by atoms with van der Waals surface area (Å²) in [6, 6.07) is 12.1. The molecule has 1 aliphatic carbocycles. The Kier molecular flexibility index (Phi) is 7.51. The van der Waals surface area contributed by atoms with Crippen LogP contribution in [0.1, 0.15) is 61.1 Å². The molecule has 2 N–H and O–H groups in total. The number of aliphatic carboxylic acids is 1. The summed E-state index contributed by atoms with van der Waals surface area (Å²) in [5.41, 5.74) is 3.97. The highest BCUT2D eigenvalue weighted by Crippen LogP contribution is 2.41. The highest BCUT2D eigenvalue weighted by Gasteiger charge is 2.34. The van der Waals surface area contributed by atoms with E-state index in [4.69, 9.17) is 16.7 Å². The largest absolute Gasteiger partial charge is 0.481 e. The molecule has 2 aromatic carbocycles. The van der Waals surface area contributed by atoms with Crippen LogP contribution < -0.4 is 5.32 Å². The Morgan fingerprint density at radius 1 is 1.20 bits per heavy atom. The lowest BCUT2D eigenvalue weighted by Crippen LogP contribution is -2.31. The minimum Gasteiger partial charge on any atom is -0.481 e. The van der Waals surface area contributed by atoms with Gasteiger partial charge in [-0.15, -0.1) is 0 Å². The minimum atomic E-state index is -0.865. The molecule has 4 rings (SSSR count). The number of halogens is 2. The van der Waals surface area contributed by atoms with E-state index in [2.05, 4.69) is 10.3 Å². The number of rotatable bonds is 8. The van der Waals surface area contributed by atoms with Crippen molar-refractivity contribution in [2.75, 3.05) is 5.32 Å². The number of nitrogens with one attached hydrogen (secondary N) is 1. The van der Waals surface area contributed by atoms with Gasteiger partial charge in [-0.1, -0.05) is 49.2 Å². The second kappa shape index (κ2) is 10.6. The van der Waals surface area contributed by atoms with Crippen molar-refractivity contribution >= 4 is 29.2 Å². The van der Waals surface area contributed by atoms with E-state index in [1.54, 1.807) is 24.4 Å². The van der Waals surface area contributed by atoms with E-state index < -0.39 is 17.7 Å². The lowest BCUT2D eigenvalue weighted by Gasteiger charge is -2.33. The van der Waals surface area contributed by atoms with E-state index in [-0.39, 0.29) is 24.2 Å². The van der Waals surface area contributed by atoms with Crippen LogP contribution >= 0.6 is 11.6 Å². The van der Waals surface area contributed by atoms with Crippen LogP contribution in [0, 0.1) is 18.7 Å². The van der Waals surface area contributed by atoms with Crippen molar-refractivity contribution in [3.05, 3.63) is 82.4 Å². The van der Waals surface area contributed by atoms with Crippen molar-refractivity contribution in [3.8, 4) is 11.1 Å². The summed E-state index contributed by atoms with van der Waals surface area (Å²) < 4.78 is 15.2. The number of pyridine rings is 1. The number of carbonyl (C=O) groups excluding carboxylic acids is 1. The first-order valence-electron chi connectivity index (χ1n) is 11.8. The van der Waals surface area contributed by atoms with Crippen molar-refractivity contribution in [1.29, 1.82) is 0 Å². The normalized spacial score (nSPS) is 15.2. The molecule has 0 bridgehead atoms. The van der Waals surface area contributed by atoms with Gasteiger partial charge in [-0.05, 0) is 66.5 Å². The molecule has 182 valence electrons. The number of carboxylic acids is 1. The molecule has 35 heavy (non-hydrogen) atoms. The average Bonchev–Trinajstić information content (AvgIpc) is 2.76. The van der Waals surface area contributed by atoms with Crippen LogP contribution in [0.3, 0.4) is 0 Å². The van der Waals surface area contributed by atoms with E-state index in [1.165, 1.54) is 12.3 Å². The molecular weight excluding hydrogens is 467 g/mol. The Balaban J connectivity index is 1.61. The Labute approximate surface area is 209 Å². The quantitative estimate of drug-likeness (QED) is 0.355. The topological polar surface area (TPSA) is 79.3 Å². The maximum atomic E-state index is 15.2. The van der Waals surface area contributed by atoms with Crippen molar-refractivity contribution < 1.29 is 19.1 Å². The van der Waals surface area contributed by atoms with E-state index in [1.807, 2.05) is 32.0 Å². The molecule has 1 aliphatic rings. The van der Waals surface area contributed by atoms with Crippen LogP contribution in [-0.2, 0) is 9.59 Å². The average molecular weight is 495 g/mol. The molecule has 1 fully saturated rings. The highest BCUT2D eigenvalue weighted by atomic mass is 35.5. The van der Waals surface area contributed by atoms with Gasteiger partial charge < -0.3 is 10.4 Å². The summed E-state index contributed by atoms with van der Waals surface area (Å²) in [5.74, 6) is -2.00. The Morgan fingerprint density at radius 3 is 2.60 bits per heavy atom. The minimum absolute atomic E-state index is 0.0106. The van der Waals surface area contributed by atoms with E-state index in [9.17, 15) is 9.59 Å². The molecule has 0 spiro atoms. The van der Waals surface area contributed by atoms with Gasteiger partial charge in [0.25, 0.3) is 0 Å². The number of carboxylic acid groups (broad SMARTS) is 1. The molecule has 1 amide bonds.